The maximum Gasteiger partial charge on any atom is 0.335 e. The third kappa shape index (κ3) is 2.21. The zero-order chi connectivity index (χ0) is 14.1. The van der Waals surface area contributed by atoms with Crippen molar-refractivity contribution in [3.8, 4) is 11.6 Å². The number of hydrogen-bond donors (Lipinski definition) is 1. The molecule has 0 bridgehead atoms. The van der Waals surface area contributed by atoms with Crippen LogP contribution in [0.25, 0.3) is 10.2 Å². The summed E-state index contributed by atoms with van der Waals surface area (Å²) < 4.78 is 5.78. The summed E-state index contributed by atoms with van der Waals surface area (Å²) in [6, 6.07) is 6.62. The Bertz CT molecular complexity index is 798. The van der Waals surface area contributed by atoms with Gasteiger partial charge in [-0.25, -0.2) is 14.8 Å². The van der Waals surface area contributed by atoms with Crippen LogP contribution in [0.1, 0.15) is 15.9 Å². The fourth-order valence-electron chi connectivity index (χ4n) is 1.85. The summed E-state index contributed by atoms with van der Waals surface area (Å²) in [5.74, 6) is 0.102. The molecule has 0 saturated heterocycles. The number of aromatic nitrogens is 2. The van der Waals surface area contributed by atoms with Crippen LogP contribution in [0.4, 0.5) is 0 Å². The summed E-state index contributed by atoms with van der Waals surface area (Å²) in [6.45, 7) is 1.80. The quantitative estimate of drug-likeness (QED) is 0.798. The van der Waals surface area contributed by atoms with Gasteiger partial charge in [0.2, 0.25) is 5.88 Å². The van der Waals surface area contributed by atoms with Crippen molar-refractivity contribution in [1.29, 1.82) is 0 Å². The van der Waals surface area contributed by atoms with Gasteiger partial charge >= 0.3 is 5.97 Å². The minimum atomic E-state index is -0.957. The number of ether oxygens (including phenoxy) is 1. The second-order valence-corrected chi connectivity index (χ2v) is 5.10. The van der Waals surface area contributed by atoms with Gasteiger partial charge in [-0.3, -0.25) is 0 Å². The van der Waals surface area contributed by atoms with Crippen LogP contribution in [0.5, 0.6) is 11.6 Å². The Kier molecular flexibility index (Phi) is 3.08. The van der Waals surface area contributed by atoms with Gasteiger partial charge in [-0.2, -0.15) is 0 Å². The SMILES string of the molecule is Cc1cc(C(=O)O)ccc1Oc1ncnc2sccc12. The number of thiophene rings is 1. The number of carboxylic acids is 1. The van der Waals surface area contributed by atoms with E-state index in [1.54, 1.807) is 19.1 Å². The van der Waals surface area contributed by atoms with Crippen LogP contribution in [0, 0.1) is 6.92 Å². The fourth-order valence-corrected chi connectivity index (χ4v) is 2.57. The van der Waals surface area contributed by atoms with Crippen molar-refractivity contribution in [2.45, 2.75) is 6.92 Å². The van der Waals surface area contributed by atoms with Crippen molar-refractivity contribution in [3.05, 3.63) is 47.1 Å². The van der Waals surface area contributed by atoms with Gasteiger partial charge in [-0.15, -0.1) is 11.3 Å². The molecule has 3 rings (SSSR count). The molecule has 0 amide bonds. The molecule has 0 spiro atoms. The second kappa shape index (κ2) is 4.90. The predicted octanol–water partition coefficient (Wildman–Crippen LogP) is 3.49. The number of carbonyl (C=O) groups is 1. The molecule has 0 aliphatic carbocycles. The van der Waals surface area contributed by atoms with Crippen LogP contribution < -0.4 is 4.74 Å². The van der Waals surface area contributed by atoms with Gasteiger partial charge in [0.25, 0.3) is 0 Å². The van der Waals surface area contributed by atoms with E-state index >= 15 is 0 Å². The third-order valence-corrected chi connectivity index (χ3v) is 3.67. The first kappa shape index (κ1) is 12.6. The molecule has 0 atom stereocenters. The Hall–Kier alpha value is -2.47. The maximum atomic E-state index is 10.9. The van der Waals surface area contributed by atoms with Gasteiger partial charge < -0.3 is 9.84 Å². The molecule has 20 heavy (non-hydrogen) atoms. The first-order chi connectivity index (χ1) is 9.65. The molecule has 0 saturated carbocycles. The highest BCUT2D eigenvalue weighted by molar-refractivity contribution is 7.16. The van der Waals surface area contributed by atoms with E-state index in [1.165, 1.54) is 23.7 Å². The highest BCUT2D eigenvalue weighted by atomic mass is 32.1. The summed E-state index contributed by atoms with van der Waals surface area (Å²) in [7, 11) is 0. The van der Waals surface area contributed by atoms with Crippen molar-refractivity contribution in [3.63, 3.8) is 0 Å². The number of hydrogen-bond acceptors (Lipinski definition) is 5. The normalized spacial score (nSPS) is 10.7. The zero-order valence-electron chi connectivity index (χ0n) is 10.5. The predicted molar refractivity (Wildman–Crippen MR) is 75.6 cm³/mol. The molecule has 6 heteroatoms. The van der Waals surface area contributed by atoms with Crippen molar-refractivity contribution in [1.82, 2.24) is 9.97 Å². The first-order valence-electron chi connectivity index (χ1n) is 5.85. The molecule has 0 aliphatic rings. The Balaban J connectivity index is 1.99. The number of carboxylic acid groups (broad SMARTS) is 1. The van der Waals surface area contributed by atoms with Gasteiger partial charge in [-0.1, -0.05) is 0 Å². The number of rotatable bonds is 3. The zero-order valence-corrected chi connectivity index (χ0v) is 11.3. The topological polar surface area (TPSA) is 72.3 Å². The lowest BCUT2D eigenvalue weighted by Crippen LogP contribution is -1.98. The van der Waals surface area contributed by atoms with Crippen molar-refractivity contribution >= 4 is 27.5 Å². The average molecular weight is 286 g/mol. The van der Waals surface area contributed by atoms with Gasteiger partial charge in [0.1, 0.15) is 16.9 Å². The molecule has 5 nitrogen and oxygen atoms in total. The number of aryl methyl sites for hydroxylation is 1. The monoisotopic (exact) mass is 286 g/mol. The van der Waals surface area contributed by atoms with E-state index in [1.807, 2.05) is 11.4 Å². The van der Waals surface area contributed by atoms with Gasteiger partial charge in [0.15, 0.2) is 0 Å². The fraction of sp³-hybridized carbons (Fsp3) is 0.0714. The lowest BCUT2D eigenvalue weighted by atomic mass is 10.1. The van der Waals surface area contributed by atoms with Crippen molar-refractivity contribution in [2.24, 2.45) is 0 Å². The van der Waals surface area contributed by atoms with Crippen LogP contribution in [0.3, 0.4) is 0 Å². The van der Waals surface area contributed by atoms with Gasteiger partial charge in [-0.05, 0) is 42.1 Å². The molecule has 100 valence electrons. The molecule has 0 unspecified atom stereocenters. The second-order valence-electron chi connectivity index (χ2n) is 4.21. The number of aromatic carboxylic acids is 1. The number of fused-ring (bicyclic) bond motifs is 1. The van der Waals surface area contributed by atoms with Crippen molar-refractivity contribution in [2.75, 3.05) is 0 Å². The molecule has 1 N–H and O–H groups in total. The Morgan fingerprint density at radius 3 is 2.90 bits per heavy atom. The Morgan fingerprint density at radius 2 is 2.15 bits per heavy atom. The molecule has 2 heterocycles. The highest BCUT2D eigenvalue weighted by Crippen LogP contribution is 2.31. The highest BCUT2D eigenvalue weighted by Gasteiger charge is 2.10. The lowest BCUT2D eigenvalue weighted by Gasteiger charge is -2.08. The van der Waals surface area contributed by atoms with E-state index in [9.17, 15) is 4.79 Å². The van der Waals surface area contributed by atoms with Crippen molar-refractivity contribution < 1.29 is 14.6 Å². The van der Waals surface area contributed by atoms with E-state index in [2.05, 4.69) is 9.97 Å². The van der Waals surface area contributed by atoms with Crippen LogP contribution in [-0.2, 0) is 0 Å². The Morgan fingerprint density at radius 1 is 1.30 bits per heavy atom. The number of nitrogens with zero attached hydrogens (tertiary/aromatic N) is 2. The molecule has 0 fully saturated rings. The molecule has 1 aromatic carbocycles. The van der Waals surface area contributed by atoms with E-state index in [-0.39, 0.29) is 5.56 Å². The molecular formula is C14H10N2O3S. The van der Waals surface area contributed by atoms with Crippen LogP contribution in [0.15, 0.2) is 36.0 Å². The largest absolute Gasteiger partial charge is 0.478 e. The molecule has 0 radical (unpaired) electrons. The smallest absolute Gasteiger partial charge is 0.335 e. The van der Waals surface area contributed by atoms with E-state index in [0.29, 0.717) is 11.6 Å². The van der Waals surface area contributed by atoms with E-state index in [0.717, 1.165) is 15.8 Å². The standard InChI is InChI=1S/C14H10N2O3S/c1-8-6-9(14(17)18)2-3-11(8)19-12-10-4-5-20-13(10)16-7-15-12/h2-7H,1H3,(H,17,18). The minimum absolute atomic E-state index is 0.234. The summed E-state index contributed by atoms with van der Waals surface area (Å²) in [6.07, 6.45) is 1.45. The van der Waals surface area contributed by atoms with Crippen LogP contribution in [-0.4, -0.2) is 21.0 Å². The van der Waals surface area contributed by atoms with Crippen LogP contribution in [0.2, 0.25) is 0 Å². The maximum absolute atomic E-state index is 10.9. The third-order valence-electron chi connectivity index (χ3n) is 2.85. The van der Waals surface area contributed by atoms with Gasteiger partial charge in [0, 0.05) is 0 Å². The van der Waals surface area contributed by atoms with Gasteiger partial charge in [0.05, 0.1) is 10.9 Å². The molecular weight excluding hydrogens is 276 g/mol. The summed E-state index contributed by atoms with van der Waals surface area (Å²) >= 11 is 1.51. The Labute approximate surface area is 118 Å². The lowest BCUT2D eigenvalue weighted by molar-refractivity contribution is 0.0697. The van der Waals surface area contributed by atoms with E-state index in [4.69, 9.17) is 9.84 Å². The van der Waals surface area contributed by atoms with Crippen LogP contribution >= 0.6 is 11.3 Å². The van der Waals surface area contributed by atoms with E-state index < -0.39 is 5.97 Å². The minimum Gasteiger partial charge on any atom is -0.478 e. The average Bonchev–Trinajstić information content (AvgIpc) is 2.90. The molecule has 2 aromatic heterocycles. The summed E-state index contributed by atoms with van der Waals surface area (Å²) in [5, 5.41) is 11.7. The first-order valence-corrected chi connectivity index (χ1v) is 6.73. The molecule has 0 aliphatic heterocycles. The summed E-state index contributed by atoms with van der Waals surface area (Å²) in [5.41, 5.74) is 0.977. The summed E-state index contributed by atoms with van der Waals surface area (Å²) in [4.78, 5) is 20.0. The number of benzene rings is 1. The molecule has 3 aromatic rings.